The zero-order chi connectivity index (χ0) is 25.2. The minimum Gasteiger partial charge on any atom is -0.480 e. The summed E-state index contributed by atoms with van der Waals surface area (Å²) in [6, 6.07) is 18.6. The number of rotatable bonds is 7. The number of carboxylic acid groups (broad SMARTS) is 1. The molecule has 3 aromatic carbocycles. The van der Waals surface area contributed by atoms with E-state index in [1.807, 2.05) is 12.1 Å². The number of carbonyl (C=O) groups is 2. The summed E-state index contributed by atoms with van der Waals surface area (Å²) in [7, 11) is 0. The van der Waals surface area contributed by atoms with Crippen molar-refractivity contribution in [2.75, 3.05) is 11.1 Å². The van der Waals surface area contributed by atoms with Gasteiger partial charge in [-0.2, -0.15) is 0 Å². The van der Waals surface area contributed by atoms with E-state index in [-0.39, 0.29) is 17.0 Å². The highest BCUT2D eigenvalue weighted by Crippen LogP contribution is 2.42. The number of thioether (sulfide) groups is 1. The molecule has 36 heavy (non-hydrogen) atoms. The van der Waals surface area contributed by atoms with E-state index < -0.39 is 16.9 Å². The van der Waals surface area contributed by atoms with Crippen LogP contribution in [0.4, 0.5) is 11.4 Å². The first-order valence-electron chi connectivity index (χ1n) is 10.7. The van der Waals surface area contributed by atoms with Gasteiger partial charge in [0, 0.05) is 23.1 Å². The number of benzene rings is 3. The number of carbonyl (C=O) groups excluding carboxylic acids is 1. The summed E-state index contributed by atoms with van der Waals surface area (Å²) in [6.07, 6.45) is 0. The van der Waals surface area contributed by atoms with Crippen LogP contribution in [-0.4, -0.2) is 38.7 Å². The Labute approximate surface area is 217 Å². The van der Waals surface area contributed by atoms with Crippen molar-refractivity contribution in [3.8, 4) is 0 Å². The summed E-state index contributed by atoms with van der Waals surface area (Å²) >= 11 is 3.99. The maximum absolute atomic E-state index is 12.4. The van der Waals surface area contributed by atoms with Crippen LogP contribution >= 0.6 is 34.9 Å². The number of thiazole rings is 1. The molecule has 5 rings (SSSR count). The molecule has 12 heteroatoms. The molecule has 1 aliphatic heterocycles. The number of aliphatic carboxylic acids is 1. The van der Waals surface area contributed by atoms with E-state index in [9.17, 15) is 24.8 Å². The highest BCUT2D eigenvalue weighted by molar-refractivity contribution is 8.01. The average molecular weight is 539 g/mol. The van der Waals surface area contributed by atoms with Crippen LogP contribution in [0.3, 0.4) is 0 Å². The smallest absolute Gasteiger partial charge is 0.321 e. The Morgan fingerprint density at radius 2 is 1.94 bits per heavy atom. The Morgan fingerprint density at radius 3 is 2.67 bits per heavy atom. The number of carboxylic acids is 1. The van der Waals surface area contributed by atoms with Crippen LogP contribution in [0.15, 0.2) is 76.0 Å². The first kappa shape index (κ1) is 24.3. The zero-order valence-corrected chi connectivity index (χ0v) is 20.9. The van der Waals surface area contributed by atoms with Gasteiger partial charge in [0.1, 0.15) is 6.04 Å². The molecule has 3 N–H and O–H groups in total. The fourth-order valence-corrected chi connectivity index (χ4v) is 7.02. The molecule has 0 radical (unpaired) electrons. The van der Waals surface area contributed by atoms with E-state index >= 15 is 0 Å². The van der Waals surface area contributed by atoms with Crippen LogP contribution in [0.1, 0.15) is 21.3 Å². The van der Waals surface area contributed by atoms with Crippen molar-refractivity contribution in [3.05, 3.63) is 88.0 Å². The van der Waals surface area contributed by atoms with Crippen LogP contribution in [0.5, 0.6) is 0 Å². The molecule has 1 aliphatic rings. The maximum Gasteiger partial charge on any atom is 0.321 e. The van der Waals surface area contributed by atoms with Crippen molar-refractivity contribution in [1.82, 2.24) is 10.3 Å². The standard InChI is InChI=1S/C24H18N4O5S3/c29-21(13-4-2-1-3-5-13)25-15-7-8-16-20(11-15)36-24(27-16)35-19-9-6-14(10-18(19)28(32)33)22-26-17(12-34-22)23(30)31/h1-11,17,22,26H,12H2,(H,25,29)(H,30,31)/t17-,22-/m1/s1. The second kappa shape index (κ2) is 10.3. The largest absolute Gasteiger partial charge is 0.480 e. The van der Waals surface area contributed by atoms with E-state index in [1.165, 1.54) is 40.9 Å². The molecule has 182 valence electrons. The summed E-state index contributed by atoms with van der Waals surface area (Å²) in [5.74, 6) is -0.760. The van der Waals surface area contributed by atoms with Gasteiger partial charge in [-0.1, -0.05) is 36.0 Å². The number of fused-ring (bicyclic) bond motifs is 1. The molecule has 9 nitrogen and oxygen atoms in total. The van der Waals surface area contributed by atoms with Gasteiger partial charge in [-0.3, -0.25) is 25.0 Å². The van der Waals surface area contributed by atoms with Crippen molar-refractivity contribution in [2.45, 2.75) is 20.7 Å². The fraction of sp³-hybridized carbons (Fsp3) is 0.125. The Morgan fingerprint density at radius 1 is 1.14 bits per heavy atom. The van der Waals surface area contributed by atoms with Crippen LogP contribution in [0.25, 0.3) is 10.2 Å². The predicted molar refractivity (Wildman–Crippen MR) is 141 cm³/mol. The molecule has 0 saturated carbocycles. The summed E-state index contributed by atoms with van der Waals surface area (Å²) in [6.45, 7) is 0. The molecule has 1 fully saturated rings. The summed E-state index contributed by atoms with van der Waals surface area (Å²) in [5, 5.41) is 26.5. The Hall–Kier alpha value is -3.45. The third-order valence-electron chi connectivity index (χ3n) is 5.42. The lowest BCUT2D eigenvalue weighted by molar-refractivity contribution is -0.387. The van der Waals surface area contributed by atoms with Gasteiger partial charge in [0.05, 0.1) is 25.4 Å². The quantitative estimate of drug-likeness (QED) is 0.209. The van der Waals surface area contributed by atoms with Crippen molar-refractivity contribution in [2.24, 2.45) is 0 Å². The second-order valence-electron chi connectivity index (χ2n) is 7.84. The topological polar surface area (TPSA) is 134 Å². The molecule has 2 heterocycles. The van der Waals surface area contributed by atoms with Gasteiger partial charge < -0.3 is 10.4 Å². The SMILES string of the molecule is O=C(Nc1ccc2nc(Sc3ccc([C@@H]4N[C@@H](C(=O)O)CS4)cc3[N+](=O)[O-])sc2c1)c1ccccc1. The monoisotopic (exact) mass is 538 g/mol. The highest BCUT2D eigenvalue weighted by Gasteiger charge is 2.31. The average Bonchev–Trinajstić information content (AvgIpc) is 3.52. The van der Waals surface area contributed by atoms with Gasteiger partial charge in [-0.15, -0.1) is 23.1 Å². The molecule has 0 unspecified atom stereocenters. The summed E-state index contributed by atoms with van der Waals surface area (Å²) in [4.78, 5) is 40.0. The molecule has 0 bridgehead atoms. The number of nitrogens with one attached hydrogen (secondary N) is 2. The normalized spacial score (nSPS) is 17.2. The van der Waals surface area contributed by atoms with E-state index in [0.717, 1.165) is 10.2 Å². The molecule has 1 amide bonds. The van der Waals surface area contributed by atoms with Gasteiger partial charge in [-0.05, 0) is 42.0 Å². The molecular formula is C24H18N4O5S3. The van der Waals surface area contributed by atoms with Crippen molar-refractivity contribution in [1.29, 1.82) is 0 Å². The van der Waals surface area contributed by atoms with Crippen molar-refractivity contribution >= 4 is 68.3 Å². The lowest BCUT2D eigenvalue weighted by atomic mass is 10.2. The number of hydrogen-bond acceptors (Lipinski definition) is 9. The zero-order valence-electron chi connectivity index (χ0n) is 18.4. The number of nitro benzene ring substituents is 1. The van der Waals surface area contributed by atoms with E-state index in [2.05, 4.69) is 15.6 Å². The van der Waals surface area contributed by atoms with Gasteiger partial charge in [0.25, 0.3) is 11.6 Å². The lowest BCUT2D eigenvalue weighted by Crippen LogP contribution is -2.33. The summed E-state index contributed by atoms with van der Waals surface area (Å²) < 4.78 is 1.47. The molecule has 0 spiro atoms. The van der Waals surface area contributed by atoms with Crippen molar-refractivity contribution < 1.29 is 19.6 Å². The van der Waals surface area contributed by atoms with Gasteiger partial charge in [-0.25, -0.2) is 4.98 Å². The van der Waals surface area contributed by atoms with Crippen LogP contribution < -0.4 is 10.6 Å². The third kappa shape index (κ3) is 5.21. The van der Waals surface area contributed by atoms with Crippen LogP contribution in [0.2, 0.25) is 0 Å². The second-order valence-corrected chi connectivity index (χ2v) is 11.3. The molecular weight excluding hydrogens is 520 g/mol. The number of anilines is 1. The molecule has 1 aromatic heterocycles. The Balaban J connectivity index is 1.35. The maximum atomic E-state index is 12.4. The van der Waals surface area contributed by atoms with E-state index in [1.54, 1.807) is 48.5 Å². The molecule has 2 atom stereocenters. The number of nitro groups is 1. The number of hydrogen-bond donors (Lipinski definition) is 3. The fourth-order valence-electron chi connectivity index (χ4n) is 3.64. The van der Waals surface area contributed by atoms with Crippen LogP contribution in [-0.2, 0) is 4.79 Å². The summed E-state index contributed by atoms with van der Waals surface area (Å²) in [5.41, 5.74) is 2.51. The number of amides is 1. The van der Waals surface area contributed by atoms with E-state index in [4.69, 9.17) is 0 Å². The molecule has 0 aliphatic carbocycles. The van der Waals surface area contributed by atoms with Gasteiger partial charge >= 0.3 is 5.97 Å². The minimum absolute atomic E-state index is 0.0613. The highest BCUT2D eigenvalue weighted by atomic mass is 32.2. The Kier molecular flexibility index (Phi) is 6.92. The third-order valence-corrected chi connectivity index (χ3v) is 8.83. The number of nitrogens with zero attached hydrogens (tertiary/aromatic N) is 2. The first-order chi connectivity index (χ1) is 17.4. The van der Waals surface area contributed by atoms with Gasteiger partial charge in [0.15, 0.2) is 4.34 Å². The predicted octanol–water partition coefficient (Wildman–Crippen LogP) is 5.40. The van der Waals surface area contributed by atoms with Crippen LogP contribution in [0, 0.1) is 10.1 Å². The van der Waals surface area contributed by atoms with E-state index in [0.29, 0.717) is 31.8 Å². The number of aromatic nitrogens is 1. The Bertz CT molecular complexity index is 1480. The first-order valence-corrected chi connectivity index (χ1v) is 13.4. The lowest BCUT2D eigenvalue weighted by Gasteiger charge is -2.12. The molecule has 1 saturated heterocycles. The minimum atomic E-state index is -0.940. The van der Waals surface area contributed by atoms with Crippen molar-refractivity contribution in [3.63, 3.8) is 0 Å². The van der Waals surface area contributed by atoms with Gasteiger partial charge in [0.2, 0.25) is 0 Å². The molecule has 4 aromatic rings.